The third-order valence-electron chi connectivity index (χ3n) is 10.4. The van der Waals surface area contributed by atoms with Gasteiger partial charge in [0.2, 0.25) is 53.2 Å². The van der Waals surface area contributed by atoms with Crippen LogP contribution >= 0.6 is 0 Å². The topological polar surface area (TPSA) is 466 Å². The van der Waals surface area contributed by atoms with Gasteiger partial charge in [-0.1, -0.05) is 32.4 Å². The smallest absolute Gasteiger partial charge is 0.326 e. The van der Waals surface area contributed by atoms with Gasteiger partial charge in [0.05, 0.1) is 25.2 Å². The summed E-state index contributed by atoms with van der Waals surface area (Å²) < 4.78 is 0. The van der Waals surface area contributed by atoms with Crippen LogP contribution in [0.2, 0.25) is 0 Å². The summed E-state index contributed by atoms with van der Waals surface area (Å²) in [4.78, 5) is 130. The maximum Gasteiger partial charge on any atom is 0.326 e. The molecule has 21 N–H and O–H groups in total. The normalized spacial score (nSPS) is 15.1. The van der Waals surface area contributed by atoms with Crippen molar-refractivity contribution in [2.45, 2.75) is 139 Å². The number of aliphatic hydroxyl groups excluding tert-OH is 2. The predicted octanol–water partition coefficient (Wildman–Crippen LogP) is -5.83. The Kier molecular flexibility index (Phi) is 26.9. The number of amides is 9. The molecule has 0 saturated heterocycles. The van der Waals surface area contributed by atoms with Crippen LogP contribution in [0.1, 0.15) is 84.1 Å². The number of carbonyl (C=O) groups is 10. The Morgan fingerprint density at radius 1 is 0.559 bits per heavy atom. The van der Waals surface area contributed by atoms with Crippen molar-refractivity contribution in [1.82, 2.24) is 37.2 Å². The number of primary amides is 2. The molecule has 9 amide bonds. The maximum absolute atomic E-state index is 14.2. The molecule has 0 spiro atoms. The average Bonchev–Trinajstić information content (AvgIpc) is 3.26. The molecular weight excluding hydrogens is 897 g/mol. The fourth-order valence-electron chi connectivity index (χ4n) is 6.42. The minimum atomic E-state index is -1.86. The lowest BCUT2D eigenvalue weighted by atomic mass is 10.0. The number of carbonyl (C=O) groups excluding carboxylic acids is 9. The van der Waals surface area contributed by atoms with Crippen molar-refractivity contribution in [1.29, 1.82) is 0 Å². The molecule has 0 aliphatic carbocycles. The highest BCUT2D eigenvalue weighted by atomic mass is 16.4. The molecule has 0 saturated carbocycles. The van der Waals surface area contributed by atoms with E-state index in [1.54, 1.807) is 0 Å². The van der Waals surface area contributed by atoms with E-state index in [9.17, 15) is 68.4 Å². The zero-order chi connectivity index (χ0) is 51.7. The number of aliphatic hydroxyl groups is 2. The largest absolute Gasteiger partial charge is 0.508 e. The lowest BCUT2D eigenvalue weighted by Crippen LogP contribution is -2.62. The van der Waals surface area contributed by atoms with Gasteiger partial charge in [-0.05, 0) is 82.2 Å². The van der Waals surface area contributed by atoms with Gasteiger partial charge in [0.25, 0.3) is 0 Å². The van der Waals surface area contributed by atoms with Crippen LogP contribution in [-0.4, -0.2) is 154 Å². The molecule has 68 heavy (non-hydrogen) atoms. The Labute approximate surface area is 393 Å². The second kappa shape index (κ2) is 30.7. The van der Waals surface area contributed by atoms with Crippen molar-refractivity contribution >= 4 is 59.1 Å². The summed E-state index contributed by atoms with van der Waals surface area (Å²) in [6.07, 6.45) is -1.87. The fraction of sp³-hybridized carbons (Fsp3) is 0.619. The van der Waals surface area contributed by atoms with E-state index in [1.807, 2.05) is 0 Å². The summed E-state index contributed by atoms with van der Waals surface area (Å²) in [6, 6.07) is -6.87. The Bertz CT molecular complexity index is 1870. The van der Waals surface area contributed by atoms with Gasteiger partial charge in [-0.3, -0.25) is 43.2 Å². The van der Waals surface area contributed by atoms with E-state index in [0.717, 1.165) is 6.92 Å². The van der Waals surface area contributed by atoms with Crippen LogP contribution in [0.15, 0.2) is 24.3 Å². The number of unbranched alkanes of at least 4 members (excludes halogenated alkanes) is 2. The number of nitrogens with one attached hydrogen (secondary N) is 7. The van der Waals surface area contributed by atoms with E-state index in [1.165, 1.54) is 38.1 Å². The number of aromatic hydroxyl groups is 1. The molecule has 0 unspecified atom stereocenters. The Hall–Kier alpha value is -6.48. The van der Waals surface area contributed by atoms with Crippen molar-refractivity contribution in [3.8, 4) is 5.75 Å². The van der Waals surface area contributed by atoms with Crippen molar-refractivity contribution in [3.05, 3.63) is 29.8 Å². The summed E-state index contributed by atoms with van der Waals surface area (Å²) >= 11 is 0. The molecule has 382 valence electrons. The molecule has 0 aliphatic rings. The van der Waals surface area contributed by atoms with Crippen molar-refractivity contribution in [2.24, 2.45) is 34.6 Å². The fourth-order valence-corrected chi connectivity index (χ4v) is 6.42. The molecular formula is C42H70N12O14. The number of rotatable bonds is 33. The lowest BCUT2D eigenvalue weighted by molar-refractivity contribution is -0.144. The van der Waals surface area contributed by atoms with E-state index in [2.05, 4.69) is 37.2 Å². The third kappa shape index (κ3) is 21.9. The average molecular weight is 967 g/mol. The predicted molar refractivity (Wildman–Crippen MR) is 243 cm³/mol. The number of carboxylic acid groups (broad SMARTS) is 1. The molecule has 1 rings (SSSR count). The highest BCUT2D eigenvalue weighted by Gasteiger charge is 2.36. The van der Waals surface area contributed by atoms with Gasteiger partial charge in [-0.15, -0.1) is 0 Å². The molecule has 0 heterocycles. The van der Waals surface area contributed by atoms with Crippen LogP contribution in [0.4, 0.5) is 0 Å². The minimum absolute atomic E-state index is 0.107. The SMILES string of the molecule is CC(C)[C@H](NC(=O)[C@H](CO)NC(=O)[C@@H](NC(=O)[C@H](CCC(N)=O)NC(=O)[C@H](CCCCN)NC(=O)[C@H](Cc1ccc(O)cc1)NC(=O)[C@H](CC(N)=O)NC(=O)[C@@H](N)CCCCN)[C@@H](C)O)C(=O)O. The zero-order valence-corrected chi connectivity index (χ0v) is 38.5. The highest BCUT2D eigenvalue weighted by Crippen LogP contribution is 2.13. The molecule has 0 radical (unpaired) electrons. The molecule has 9 atom stereocenters. The van der Waals surface area contributed by atoms with E-state index in [-0.39, 0.29) is 38.0 Å². The molecule has 0 bridgehead atoms. The van der Waals surface area contributed by atoms with E-state index in [4.69, 9.17) is 28.7 Å². The van der Waals surface area contributed by atoms with Gasteiger partial charge in [-0.25, -0.2) is 4.79 Å². The van der Waals surface area contributed by atoms with Crippen LogP contribution in [0, 0.1) is 5.92 Å². The van der Waals surface area contributed by atoms with Crippen molar-refractivity contribution < 1.29 is 68.4 Å². The van der Waals surface area contributed by atoms with Crippen LogP contribution in [0.5, 0.6) is 5.75 Å². The first kappa shape index (κ1) is 59.5. The van der Waals surface area contributed by atoms with Crippen LogP contribution in [0.3, 0.4) is 0 Å². The molecule has 0 aromatic heterocycles. The number of hydrogen-bond donors (Lipinski definition) is 16. The Morgan fingerprint density at radius 3 is 1.51 bits per heavy atom. The molecule has 1 aromatic carbocycles. The van der Waals surface area contributed by atoms with Crippen LogP contribution in [-0.2, 0) is 54.4 Å². The number of phenols is 1. The monoisotopic (exact) mass is 967 g/mol. The first-order valence-electron chi connectivity index (χ1n) is 22.1. The Morgan fingerprint density at radius 2 is 1.01 bits per heavy atom. The summed E-state index contributed by atoms with van der Waals surface area (Å²) in [5.74, 6) is -11.2. The number of aliphatic carboxylic acids is 1. The number of nitrogens with two attached hydrogens (primary N) is 5. The first-order valence-corrected chi connectivity index (χ1v) is 22.1. The number of hydrogen-bond acceptors (Lipinski definition) is 16. The zero-order valence-electron chi connectivity index (χ0n) is 38.5. The minimum Gasteiger partial charge on any atom is -0.508 e. The summed E-state index contributed by atoms with van der Waals surface area (Å²) in [5.41, 5.74) is 28.3. The summed E-state index contributed by atoms with van der Waals surface area (Å²) in [6.45, 7) is 3.61. The van der Waals surface area contributed by atoms with Gasteiger partial charge in [0.15, 0.2) is 0 Å². The highest BCUT2D eigenvalue weighted by molar-refractivity contribution is 5.98. The van der Waals surface area contributed by atoms with Crippen LogP contribution < -0.4 is 65.9 Å². The van der Waals surface area contributed by atoms with Gasteiger partial charge in [-0.2, -0.15) is 0 Å². The van der Waals surface area contributed by atoms with Gasteiger partial charge in [0.1, 0.15) is 48.0 Å². The quantitative estimate of drug-likeness (QED) is 0.0292. The molecule has 26 nitrogen and oxygen atoms in total. The lowest BCUT2D eigenvalue weighted by Gasteiger charge is -2.28. The molecule has 0 aliphatic heterocycles. The van der Waals surface area contributed by atoms with E-state index < -0.39 is 145 Å². The summed E-state index contributed by atoms with van der Waals surface area (Å²) in [7, 11) is 0. The molecule has 1 aromatic rings. The molecule has 0 fully saturated rings. The van der Waals surface area contributed by atoms with E-state index >= 15 is 0 Å². The third-order valence-corrected chi connectivity index (χ3v) is 10.4. The second-order valence-electron chi connectivity index (χ2n) is 16.5. The number of benzene rings is 1. The number of phenolic OH excluding ortho intramolecular Hbond substituents is 1. The van der Waals surface area contributed by atoms with Gasteiger partial charge < -0.3 is 86.3 Å². The second-order valence-corrected chi connectivity index (χ2v) is 16.5. The number of carboxylic acids is 1. The summed E-state index contributed by atoms with van der Waals surface area (Å²) in [5, 5.41) is 56.1. The Balaban J connectivity index is 3.51. The van der Waals surface area contributed by atoms with Crippen molar-refractivity contribution in [3.63, 3.8) is 0 Å². The van der Waals surface area contributed by atoms with Gasteiger partial charge in [0, 0.05) is 12.8 Å². The van der Waals surface area contributed by atoms with E-state index in [0.29, 0.717) is 31.4 Å². The maximum atomic E-state index is 14.2. The van der Waals surface area contributed by atoms with Gasteiger partial charge >= 0.3 is 5.97 Å². The standard InChI is InChI=1S/C42H70N12O14/c1-21(2)33(42(67)68)53-40(65)30(20-55)52-41(66)34(22(3)56)54-37(62)27(14-15-31(46)58)49-36(61)26(9-5-7-17-44)48-38(63)28(18-23-10-12-24(57)13-11-23)51-39(64)29(19-32(47)59)50-35(60)25(45)8-4-6-16-43/h10-13,21-22,25-30,33-34,55-57H,4-9,14-20,43-45H2,1-3H3,(H2,46,58)(H2,47,59)(H,48,63)(H,49,61)(H,50,60)(H,51,64)(H,52,66)(H,53,65)(H,54,62)(H,67,68)/t22-,25+,26+,27+,28+,29+,30+,33+,34+/m1/s1. The van der Waals surface area contributed by atoms with Crippen molar-refractivity contribution in [2.75, 3.05) is 19.7 Å². The van der Waals surface area contributed by atoms with Crippen LogP contribution in [0.25, 0.3) is 0 Å². The molecule has 26 heteroatoms. The first-order chi connectivity index (χ1) is 31.9.